The van der Waals surface area contributed by atoms with E-state index in [4.69, 9.17) is 4.74 Å². The first-order valence-electron chi connectivity index (χ1n) is 5.58. The summed E-state index contributed by atoms with van der Waals surface area (Å²) in [4.78, 5) is 0. The molecule has 0 aliphatic carbocycles. The number of ether oxygens (including phenoxy) is 1. The van der Waals surface area contributed by atoms with Gasteiger partial charge >= 0.3 is 0 Å². The van der Waals surface area contributed by atoms with E-state index in [1.54, 1.807) is 7.11 Å². The lowest BCUT2D eigenvalue weighted by Gasteiger charge is -2.17. The SMILES string of the molecule is CCC[C@H](C)Nc1cc(C)ccc1OC. The van der Waals surface area contributed by atoms with Crippen molar-refractivity contribution in [2.45, 2.75) is 39.7 Å². The van der Waals surface area contributed by atoms with Gasteiger partial charge in [-0.1, -0.05) is 19.4 Å². The van der Waals surface area contributed by atoms with E-state index in [1.165, 1.54) is 18.4 Å². The van der Waals surface area contributed by atoms with Gasteiger partial charge in [-0.15, -0.1) is 0 Å². The minimum absolute atomic E-state index is 0.491. The van der Waals surface area contributed by atoms with Crippen LogP contribution in [0.4, 0.5) is 5.69 Å². The average Bonchev–Trinajstić information content (AvgIpc) is 2.18. The molecule has 0 aromatic heterocycles. The van der Waals surface area contributed by atoms with Gasteiger partial charge in [0.2, 0.25) is 0 Å². The largest absolute Gasteiger partial charge is 0.495 e. The van der Waals surface area contributed by atoms with Crippen LogP contribution < -0.4 is 10.1 Å². The molecule has 1 aromatic rings. The molecular weight excluding hydrogens is 186 g/mol. The second-order valence-electron chi connectivity index (χ2n) is 4.04. The van der Waals surface area contributed by atoms with E-state index in [-0.39, 0.29) is 0 Å². The number of hydrogen-bond acceptors (Lipinski definition) is 2. The van der Waals surface area contributed by atoms with Crippen molar-refractivity contribution in [1.29, 1.82) is 0 Å². The van der Waals surface area contributed by atoms with E-state index >= 15 is 0 Å². The number of rotatable bonds is 5. The number of methoxy groups -OCH3 is 1. The summed E-state index contributed by atoms with van der Waals surface area (Å²) in [6, 6.07) is 6.70. The fourth-order valence-electron chi connectivity index (χ4n) is 1.71. The maximum atomic E-state index is 5.32. The maximum Gasteiger partial charge on any atom is 0.141 e. The molecule has 84 valence electrons. The molecule has 0 spiro atoms. The van der Waals surface area contributed by atoms with Crippen molar-refractivity contribution < 1.29 is 4.74 Å². The molecule has 2 heteroatoms. The molecule has 0 fully saturated rings. The third kappa shape index (κ3) is 3.46. The van der Waals surface area contributed by atoms with E-state index in [0.29, 0.717) is 6.04 Å². The van der Waals surface area contributed by atoms with Crippen LogP contribution in [0, 0.1) is 6.92 Å². The van der Waals surface area contributed by atoms with Crippen molar-refractivity contribution in [3.63, 3.8) is 0 Å². The normalized spacial score (nSPS) is 12.3. The molecule has 0 unspecified atom stereocenters. The molecule has 0 amide bonds. The van der Waals surface area contributed by atoms with Gasteiger partial charge in [0.25, 0.3) is 0 Å². The van der Waals surface area contributed by atoms with Gasteiger partial charge in [0.1, 0.15) is 5.75 Å². The van der Waals surface area contributed by atoms with Crippen LogP contribution >= 0.6 is 0 Å². The molecule has 0 radical (unpaired) electrons. The first-order valence-corrected chi connectivity index (χ1v) is 5.58. The van der Waals surface area contributed by atoms with Crippen molar-refractivity contribution in [1.82, 2.24) is 0 Å². The molecule has 2 nitrogen and oxygen atoms in total. The fourth-order valence-corrected chi connectivity index (χ4v) is 1.71. The number of hydrogen-bond donors (Lipinski definition) is 1. The molecule has 0 heterocycles. The Kier molecular flexibility index (Phi) is 4.47. The van der Waals surface area contributed by atoms with Crippen LogP contribution in [0.3, 0.4) is 0 Å². The molecule has 0 bridgehead atoms. The van der Waals surface area contributed by atoms with Gasteiger partial charge in [-0.3, -0.25) is 0 Å². The Balaban J connectivity index is 2.77. The predicted octanol–water partition coefficient (Wildman–Crippen LogP) is 3.60. The smallest absolute Gasteiger partial charge is 0.141 e. The van der Waals surface area contributed by atoms with Gasteiger partial charge in [0.15, 0.2) is 0 Å². The first-order chi connectivity index (χ1) is 7.17. The third-order valence-electron chi connectivity index (χ3n) is 2.48. The van der Waals surface area contributed by atoms with Crippen LogP contribution in [0.25, 0.3) is 0 Å². The predicted molar refractivity (Wildman–Crippen MR) is 65.7 cm³/mol. The van der Waals surface area contributed by atoms with Crippen molar-refractivity contribution >= 4 is 5.69 Å². The molecule has 0 aliphatic heterocycles. The van der Waals surface area contributed by atoms with Crippen LogP contribution in [-0.2, 0) is 0 Å². The summed E-state index contributed by atoms with van der Waals surface area (Å²) >= 11 is 0. The molecule has 1 atom stereocenters. The molecule has 1 N–H and O–H groups in total. The highest BCUT2D eigenvalue weighted by Gasteiger charge is 2.06. The number of benzene rings is 1. The summed E-state index contributed by atoms with van der Waals surface area (Å²) in [5, 5.41) is 3.48. The van der Waals surface area contributed by atoms with Crippen molar-refractivity contribution in [2.75, 3.05) is 12.4 Å². The van der Waals surface area contributed by atoms with Gasteiger partial charge in [0.05, 0.1) is 12.8 Å². The Morgan fingerprint density at radius 2 is 2.13 bits per heavy atom. The van der Waals surface area contributed by atoms with E-state index in [2.05, 4.69) is 38.2 Å². The first kappa shape index (κ1) is 11.9. The van der Waals surface area contributed by atoms with E-state index in [9.17, 15) is 0 Å². The highest BCUT2D eigenvalue weighted by atomic mass is 16.5. The van der Waals surface area contributed by atoms with Crippen molar-refractivity contribution in [2.24, 2.45) is 0 Å². The molecule has 1 rings (SSSR count). The quantitative estimate of drug-likeness (QED) is 0.796. The Labute approximate surface area is 92.6 Å². The summed E-state index contributed by atoms with van der Waals surface area (Å²) in [7, 11) is 1.71. The summed E-state index contributed by atoms with van der Waals surface area (Å²) in [5.74, 6) is 0.920. The summed E-state index contributed by atoms with van der Waals surface area (Å²) < 4.78 is 5.32. The molecule has 1 aromatic carbocycles. The monoisotopic (exact) mass is 207 g/mol. The highest BCUT2D eigenvalue weighted by Crippen LogP contribution is 2.26. The summed E-state index contributed by atoms with van der Waals surface area (Å²) in [6.07, 6.45) is 2.37. The zero-order valence-corrected chi connectivity index (χ0v) is 10.1. The zero-order chi connectivity index (χ0) is 11.3. The average molecular weight is 207 g/mol. The van der Waals surface area contributed by atoms with Gasteiger partial charge in [-0.25, -0.2) is 0 Å². The van der Waals surface area contributed by atoms with Crippen LogP contribution in [0.2, 0.25) is 0 Å². The van der Waals surface area contributed by atoms with E-state index < -0.39 is 0 Å². The van der Waals surface area contributed by atoms with Gasteiger partial charge < -0.3 is 10.1 Å². The zero-order valence-electron chi connectivity index (χ0n) is 10.1. The summed E-state index contributed by atoms with van der Waals surface area (Å²) in [6.45, 7) is 6.49. The second-order valence-corrected chi connectivity index (χ2v) is 4.04. The third-order valence-corrected chi connectivity index (χ3v) is 2.48. The Morgan fingerprint density at radius 3 is 2.73 bits per heavy atom. The summed E-state index contributed by atoms with van der Waals surface area (Å²) in [5.41, 5.74) is 2.35. The number of aryl methyl sites for hydroxylation is 1. The Morgan fingerprint density at radius 1 is 1.40 bits per heavy atom. The molecular formula is C13H21NO. The van der Waals surface area contributed by atoms with Crippen LogP contribution in [0.5, 0.6) is 5.75 Å². The molecule has 15 heavy (non-hydrogen) atoms. The van der Waals surface area contributed by atoms with Crippen molar-refractivity contribution in [3.8, 4) is 5.75 Å². The van der Waals surface area contributed by atoms with E-state index in [1.807, 2.05) is 6.07 Å². The van der Waals surface area contributed by atoms with Gasteiger partial charge in [0, 0.05) is 6.04 Å². The Hall–Kier alpha value is -1.18. The van der Waals surface area contributed by atoms with Crippen LogP contribution in [0.1, 0.15) is 32.3 Å². The standard InChI is InChI=1S/C13H21NO/c1-5-6-11(3)14-12-9-10(2)7-8-13(12)15-4/h7-9,11,14H,5-6H2,1-4H3/t11-/m0/s1. The number of anilines is 1. The molecule has 0 saturated carbocycles. The van der Waals surface area contributed by atoms with Gasteiger partial charge in [-0.05, 0) is 38.0 Å². The fraction of sp³-hybridized carbons (Fsp3) is 0.538. The van der Waals surface area contributed by atoms with Gasteiger partial charge in [-0.2, -0.15) is 0 Å². The highest BCUT2D eigenvalue weighted by molar-refractivity contribution is 5.58. The number of nitrogens with one attached hydrogen (secondary N) is 1. The lowest BCUT2D eigenvalue weighted by molar-refractivity contribution is 0.415. The van der Waals surface area contributed by atoms with E-state index in [0.717, 1.165) is 11.4 Å². The minimum atomic E-state index is 0.491. The van der Waals surface area contributed by atoms with Crippen LogP contribution in [0.15, 0.2) is 18.2 Å². The van der Waals surface area contributed by atoms with Crippen LogP contribution in [-0.4, -0.2) is 13.2 Å². The lowest BCUT2D eigenvalue weighted by atomic mass is 10.1. The van der Waals surface area contributed by atoms with Crippen molar-refractivity contribution in [3.05, 3.63) is 23.8 Å². The lowest BCUT2D eigenvalue weighted by Crippen LogP contribution is -2.15. The molecule has 0 saturated heterocycles. The Bertz CT molecular complexity index is 309. The topological polar surface area (TPSA) is 21.3 Å². The molecule has 0 aliphatic rings. The minimum Gasteiger partial charge on any atom is -0.495 e. The maximum absolute atomic E-state index is 5.32. The second kappa shape index (κ2) is 5.64.